The number of para-hydroxylation sites is 1. The number of carboxylic acid groups (broad SMARTS) is 1. The van der Waals surface area contributed by atoms with Gasteiger partial charge in [-0.15, -0.1) is 11.3 Å². The highest BCUT2D eigenvalue weighted by molar-refractivity contribution is 7.10. The second-order valence-corrected chi connectivity index (χ2v) is 14.6. The molecule has 3 atom stereocenters. The van der Waals surface area contributed by atoms with E-state index in [-0.39, 0.29) is 70.5 Å². The number of benzene rings is 1. The fraction of sp³-hybridized carbons (Fsp3) is 0.514. The zero-order valence-corrected chi connectivity index (χ0v) is 30.4. The highest BCUT2D eigenvalue weighted by Gasteiger charge is 2.56. The summed E-state index contributed by atoms with van der Waals surface area (Å²) in [5.41, 5.74) is -5.00. The zero-order chi connectivity index (χ0) is 39.5. The van der Waals surface area contributed by atoms with Crippen LogP contribution in [0.5, 0.6) is 11.5 Å². The topological polar surface area (TPSA) is 130 Å². The van der Waals surface area contributed by atoms with Crippen LogP contribution in [0.4, 0.5) is 26.3 Å². The minimum absolute atomic E-state index is 0.00309. The second kappa shape index (κ2) is 16.2. The normalized spacial score (nSPS) is 21.0. The van der Waals surface area contributed by atoms with Gasteiger partial charge in [-0.05, 0) is 44.2 Å². The Labute approximate surface area is 311 Å². The molecule has 17 heteroatoms. The predicted molar refractivity (Wildman–Crippen MR) is 184 cm³/mol. The SMILES string of the molecule is CCCC1N(C(=O)c2cnccc2C(F)(F)F)CCCC1(Oc1csc(C(F)(F)F)c1)C(=O)N1CCC(O)(c2ccccc2OCCC(C)C(=O)O)CC1. The number of aliphatic hydroxyl groups is 1. The number of carbonyl (C=O) groups is 3. The first-order valence-electron chi connectivity index (χ1n) is 17.5. The molecule has 2 N–H and O–H groups in total. The average Bonchev–Trinajstić information content (AvgIpc) is 3.61. The number of ether oxygens (including phenoxy) is 2. The van der Waals surface area contributed by atoms with Gasteiger partial charge in [-0.3, -0.25) is 19.4 Å². The monoisotopic (exact) mass is 785 g/mol. The Kier molecular flexibility index (Phi) is 12.2. The maximum absolute atomic E-state index is 14.9. The predicted octanol–water partition coefficient (Wildman–Crippen LogP) is 7.40. The number of carboxylic acids is 1. The number of aromatic nitrogens is 1. The summed E-state index contributed by atoms with van der Waals surface area (Å²) >= 11 is 0.359. The van der Waals surface area contributed by atoms with Gasteiger partial charge in [0.1, 0.15) is 16.4 Å². The third kappa shape index (κ3) is 8.61. The van der Waals surface area contributed by atoms with Crippen molar-refractivity contribution in [3.8, 4) is 11.5 Å². The number of rotatable bonds is 12. The van der Waals surface area contributed by atoms with Crippen LogP contribution in [0.3, 0.4) is 0 Å². The van der Waals surface area contributed by atoms with Crippen molar-refractivity contribution >= 4 is 29.1 Å². The molecule has 2 aliphatic heterocycles. The minimum Gasteiger partial charge on any atom is -0.493 e. The van der Waals surface area contributed by atoms with E-state index in [1.165, 1.54) is 4.90 Å². The molecule has 2 fully saturated rings. The van der Waals surface area contributed by atoms with Crippen molar-refractivity contribution in [2.24, 2.45) is 5.92 Å². The molecule has 2 saturated heterocycles. The largest absolute Gasteiger partial charge is 0.493 e. The van der Waals surface area contributed by atoms with Crippen LogP contribution >= 0.6 is 11.3 Å². The standard InChI is InChI=1S/C37H41F6N3O7S/c1-3-7-29-35(53-24-20-30(54-22-24)37(41,42)43,12-6-16-46(29)31(47)25-21-44-15-10-26(25)36(38,39)40)33(50)45-17-13-34(51,14-18-45)27-8-4-5-9-28(27)52-19-11-23(2)32(48)49/h4-5,8-10,15,20-23,29,51H,3,6-7,11-14,16-19H2,1-2H3,(H,48,49). The quantitative estimate of drug-likeness (QED) is 0.182. The lowest BCUT2D eigenvalue weighted by Crippen LogP contribution is -2.68. The Morgan fingerprint density at radius 2 is 1.74 bits per heavy atom. The van der Waals surface area contributed by atoms with Gasteiger partial charge < -0.3 is 29.5 Å². The van der Waals surface area contributed by atoms with Gasteiger partial charge in [0.05, 0.1) is 35.3 Å². The summed E-state index contributed by atoms with van der Waals surface area (Å²) in [4.78, 5) is 45.5. The molecule has 2 aromatic heterocycles. The van der Waals surface area contributed by atoms with Crippen LogP contribution in [0.1, 0.15) is 85.2 Å². The molecule has 0 saturated carbocycles. The molecule has 294 valence electrons. The van der Waals surface area contributed by atoms with Crippen LogP contribution < -0.4 is 9.47 Å². The molecule has 0 bridgehead atoms. The first-order valence-corrected chi connectivity index (χ1v) is 18.4. The number of likely N-dealkylation sites (tertiary alicyclic amines) is 2. The number of carbonyl (C=O) groups excluding carboxylic acids is 2. The highest BCUT2D eigenvalue weighted by atomic mass is 32.1. The van der Waals surface area contributed by atoms with Crippen LogP contribution in [-0.4, -0.2) is 80.7 Å². The van der Waals surface area contributed by atoms with Crippen molar-refractivity contribution < 1.29 is 60.4 Å². The fourth-order valence-electron chi connectivity index (χ4n) is 7.16. The van der Waals surface area contributed by atoms with E-state index in [4.69, 9.17) is 9.47 Å². The summed E-state index contributed by atoms with van der Waals surface area (Å²) in [5, 5.41) is 22.2. The number of halogens is 6. The Hall–Kier alpha value is -4.38. The molecule has 4 heterocycles. The van der Waals surface area contributed by atoms with Crippen molar-refractivity contribution in [2.75, 3.05) is 26.2 Å². The third-order valence-electron chi connectivity index (χ3n) is 10.1. The van der Waals surface area contributed by atoms with E-state index in [1.807, 2.05) is 0 Å². The van der Waals surface area contributed by atoms with Crippen LogP contribution in [0.15, 0.2) is 54.2 Å². The molecule has 5 rings (SSSR count). The van der Waals surface area contributed by atoms with E-state index in [9.17, 15) is 50.9 Å². The van der Waals surface area contributed by atoms with Crippen LogP contribution in [0.25, 0.3) is 0 Å². The smallest absolute Gasteiger partial charge is 0.425 e. The minimum atomic E-state index is -4.90. The lowest BCUT2D eigenvalue weighted by Gasteiger charge is -2.51. The lowest BCUT2D eigenvalue weighted by atomic mass is 9.78. The van der Waals surface area contributed by atoms with Crippen molar-refractivity contribution in [2.45, 2.75) is 88.4 Å². The maximum atomic E-state index is 14.9. The number of piperidine rings is 2. The molecule has 10 nitrogen and oxygen atoms in total. The number of pyridine rings is 1. The summed E-state index contributed by atoms with van der Waals surface area (Å²) in [6.45, 7) is 3.22. The summed E-state index contributed by atoms with van der Waals surface area (Å²) < 4.78 is 95.3. The van der Waals surface area contributed by atoms with Crippen LogP contribution in [-0.2, 0) is 27.5 Å². The van der Waals surface area contributed by atoms with Gasteiger partial charge in [0, 0.05) is 55.5 Å². The molecule has 0 aliphatic carbocycles. The van der Waals surface area contributed by atoms with Crippen molar-refractivity contribution in [1.29, 1.82) is 0 Å². The van der Waals surface area contributed by atoms with E-state index in [0.717, 1.165) is 28.7 Å². The van der Waals surface area contributed by atoms with E-state index in [1.54, 1.807) is 38.1 Å². The number of alkyl halides is 6. The molecule has 0 radical (unpaired) electrons. The van der Waals surface area contributed by atoms with Gasteiger partial charge in [0.2, 0.25) is 5.60 Å². The number of hydrogen-bond acceptors (Lipinski definition) is 8. The first-order chi connectivity index (χ1) is 25.4. The van der Waals surface area contributed by atoms with Crippen molar-refractivity contribution in [1.82, 2.24) is 14.8 Å². The van der Waals surface area contributed by atoms with E-state index in [0.29, 0.717) is 35.1 Å². The maximum Gasteiger partial charge on any atom is 0.425 e. The highest BCUT2D eigenvalue weighted by Crippen LogP contribution is 2.44. The summed E-state index contributed by atoms with van der Waals surface area (Å²) in [7, 11) is 0. The van der Waals surface area contributed by atoms with Crippen LogP contribution in [0, 0.1) is 5.92 Å². The van der Waals surface area contributed by atoms with Crippen molar-refractivity contribution in [3.05, 3.63) is 75.7 Å². The van der Waals surface area contributed by atoms with Gasteiger partial charge in [-0.2, -0.15) is 26.3 Å². The number of thiophene rings is 1. The molecule has 0 spiro atoms. The first kappa shape index (κ1) is 40.8. The molecule has 3 unspecified atom stereocenters. The fourth-order valence-corrected chi connectivity index (χ4v) is 7.84. The molecule has 1 aromatic carbocycles. The summed E-state index contributed by atoms with van der Waals surface area (Å²) in [5.74, 6) is -3.28. The Bertz CT molecular complexity index is 1810. The van der Waals surface area contributed by atoms with E-state index in [2.05, 4.69) is 4.98 Å². The number of nitrogens with zero attached hydrogens (tertiary/aromatic N) is 3. The van der Waals surface area contributed by atoms with Crippen molar-refractivity contribution in [3.63, 3.8) is 0 Å². The summed E-state index contributed by atoms with van der Waals surface area (Å²) in [6, 6.07) is 6.97. The van der Waals surface area contributed by atoms with Gasteiger partial charge >= 0.3 is 18.3 Å². The third-order valence-corrected chi connectivity index (χ3v) is 11.0. The molecule has 54 heavy (non-hydrogen) atoms. The lowest BCUT2D eigenvalue weighted by molar-refractivity contribution is -0.163. The number of aliphatic carboxylic acids is 1. The van der Waals surface area contributed by atoms with E-state index < -0.39 is 69.3 Å². The molecular formula is C37H41F6N3O7S. The van der Waals surface area contributed by atoms with E-state index >= 15 is 0 Å². The zero-order valence-electron chi connectivity index (χ0n) is 29.6. The molecule has 2 amide bonds. The Balaban J connectivity index is 1.47. The van der Waals surface area contributed by atoms with Gasteiger partial charge in [0.15, 0.2) is 0 Å². The van der Waals surface area contributed by atoms with Crippen LogP contribution in [0.2, 0.25) is 0 Å². The Morgan fingerprint density at radius 1 is 1.04 bits per heavy atom. The number of amides is 2. The summed E-state index contributed by atoms with van der Waals surface area (Å²) in [6.07, 6.45) is -7.23. The second-order valence-electron chi connectivity index (χ2n) is 13.7. The van der Waals surface area contributed by atoms with Gasteiger partial charge in [-0.25, -0.2) is 0 Å². The van der Waals surface area contributed by atoms with Gasteiger partial charge in [0.25, 0.3) is 11.8 Å². The Morgan fingerprint density at radius 3 is 2.37 bits per heavy atom. The number of hydrogen-bond donors (Lipinski definition) is 2. The molecule has 3 aromatic rings. The van der Waals surface area contributed by atoms with Gasteiger partial charge in [-0.1, -0.05) is 38.5 Å². The average molecular weight is 786 g/mol. The molecule has 2 aliphatic rings. The molecular weight excluding hydrogens is 744 g/mol.